The van der Waals surface area contributed by atoms with Gasteiger partial charge in [0.1, 0.15) is 36.0 Å². The first-order valence-electron chi connectivity index (χ1n) is 12.0. The maximum atomic E-state index is 14.6. The van der Waals surface area contributed by atoms with Crippen LogP contribution in [0.1, 0.15) is 35.7 Å². The van der Waals surface area contributed by atoms with Crippen LogP contribution in [0.25, 0.3) is 16.9 Å². The van der Waals surface area contributed by atoms with Crippen molar-refractivity contribution in [1.29, 1.82) is 0 Å². The van der Waals surface area contributed by atoms with Gasteiger partial charge < -0.3 is 29.6 Å². The lowest BCUT2D eigenvalue weighted by Gasteiger charge is -2.17. The molecule has 0 aliphatic rings. The summed E-state index contributed by atoms with van der Waals surface area (Å²) in [4.78, 5) is 48.0. The minimum absolute atomic E-state index is 0.00161. The lowest BCUT2D eigenvalue weighted by Crippen LogP contribution is -2.28. The Bertz CT molecular complexity index is 1650. The first kappa shape index (κ1) is 28.5. The summed E-state index contributed by atoms with van der Waals surface area (Å²) >= 11 is 6.56. The van der Waals surface area contributed by atoms with Crippen LogP contribution in [-0.4, -0.2) is 56.6 Å². The fourth-order valence-electron chi connectivity index (χ4n) is 3.91. The number of fused-ring (bicyclic) bond motifs is 1. The van der Waals surface area contributed by atoms with Crippen molar-refractivity contribution in [2.24, 2.45) is 0 Å². The van der Waals surface area contributed by atoms with Crippen molar-refractivity contribution in [3.63, 3.8) is 0 Å². The van der Waals surface area contributed by atoms with Crippen LogP contribution in [-0.2, 0) is 18.0 Å². The second-order valence-corrected chi connectivity index (χ2v) is 8.78. The first-order valence-corrected chi connectivity index (χ1v) is 12.4. The number of likely N-dealkylation sites (N-methyl/N-ethyl adjacent to an activating group) is 1. The number of ketones is 1. The molecule has 0 aliphatic heterocycles. The summed E-state index contributed by atoms with van der Waals surface area (Å²) < 4.78 is 32.4. The van der Waals surface area contributed by atoms with E-state index >= 15 is 0 Å². The molecule has 2 aromatic heterocycles. The number of nitrogens with zero attached hydrogens (tertiary/aromatic N) is 3. The highest BCUT2D eigenvalue weighted by molar-refractivity contribution is 6.32. The number of Topliss-reactive ketones (excluding diaryl/α,β-unsaturated/α-hetero) is 1. The number of benzene rings is 2. The number of methoxy groups -OCH3 is 1. The molecule has 3 N–H and O–H groups in total. The van der Waals surface area contributed by atoms with Gasteiger partial charge in [0.2, 0.25) is 0 Å². The van der Waals surface area contributed by atoms with E-state index in [4.69, 9.17) is 25.8 Å². The van der Waals surface area contributed by atoms with E-state index in [9.17, 15) is 23.9 Å². The molecule has 2 aromatic carbocycles. The zero-order valence-corrected chi connectivity index (χ0v) is 22.5. The highest BCUT2D eigenvalue weighted by atomic mass is 35.5. The molecule has 0 aliphatic carbocycles. The molecular weight excluding hydrogens is 549 g/mol. The number of aliphatic hydroxyl groups is 1. The number of carbonyl (C=O) groups is 2. The molecule has 0 radical (unpaired) electrons. The second kappa shape index (κ2) is 12.1. The number of aromatic nitrogens is 4. The van der Waals surface area contributed by atoms with Crippen LogP contribution >= 0.6 is 11.6 Å². The van der Waals surface area contributed by atoms with Crippen molar-refractivity contribution < 1.29 is 33.3 Å². The summed E-state index contributed by atoms with van der Waals surface area (Å²) in [5.74, 6) is -1.22. The van der Waals surface area contributed by atoms with E-state index in [1.54, 1.807) is 13.0 Å². The maximum Gasteiger partial charge on any atom is 0.332 e. The van der Waals surface area contributed by atoms with Crippen molar-refractivity contribution in [3.05, 3.63) is 68.7 Å². The van der Waals surface area contributed by atoms with E-state index in [0.29, 0.717) is 6.54 Å². The van der Waals surface area contributed by atoms with Gasteiger partial charge in [-0.2, -0.15) is 0 Å². The van der Waals surface area contributed by atoms with Gasteiger partial charge >= 0.3 is 5.69 Å². The van der Waals surface area contributed by atoms with E-state index in [0.717, 1.165) is 4.57 Å². The highest BCUT2D eigenvalue weighted by Gasteiger charge is 2.23. The molecule has 0 fully saturated rings. The minimum atomic E-state index is -0.707. The summed E-state index contributed by atoms with van der Waals surface area (Å²) in [6, 6.07) is 6.98. The monoisotopic (exact) mass is 573 g/mol. The Labute approximate surface area is 231 Å². The summed E-state index contributed by atoms with van der Waals surface area (Å²) in [6.07, 6.45) is 0. The van der Waals surface area contributed by atoms with Gasteiger partial charge in [-0.05, 0) is 19.1 Å². The first-order chi connectivity index (χ1) is 19.2. The molecule has 12 nitrogen and oxygen atoms in total. The number of carbonyl (C=O) groups excluding carboxylic acids is 2. The summed E-state index contributed by atoms with van der Waals surface area (Å²) in [5, 5.41) is 12.2. The van der Waals surface area contributed by atoms with Crippen LogP contribution in [0.4, 0.5) is 4.39 Å². The lowest BCUT2D eigenvalue weighted by atomic mass is 10.2. The van der Waals surface area contributed by atoms with Gasteiger partial charge in [0.25, 0.3) is 5.91 Å². The molecule has 4 rings (SSSR count). The number of halogens is 2. The average molecular weight is 574 g/mol. The van der Waals surface area contributed by atoms with Crippen LogP contribution in [0.5, 0.6) is 17.2 Å². The van der Waals surface area contributed by atoms with Crippen molar-refractivity contribution >= 4 is 34.5 Å². The van der Waals surface area contributed by atoms with Gasteiger partial charge in [0, 0.05) is 25.6 Å². The Balaban J connectivity index is 1.85. The number of rotatable bonds is 11. The Kier molecular flexibility index (Phi) is 8.65. The minimum Gasteiger partial charge on any atom is -0.496 e. The summed E-state index contributed by atoms with van der Waals surface area (Å²) in [6.45, 7) is 2.14. The highest BCUT2D eigenvalue weighted by Crippen LogP contribution is 2.37. The quantitative estimate of drug-likeness (QED) is 0.229. The molecule has 0 saturated heterocycles. The molecule has 14 heteroatoms. The van der Waals surface area contributed by atoms with E-state index in [1.807, 2.05) is 0 Å². The van der Waals surface area contributed by atoms with Gasteiger partial charge in [-0.25, -0.2) is 23.7 Å². The van der Waals surface area contributed by atoms with Gasteiger partial charge in [-0.15, -0.1) is 0 Å². The smallest absolute Gasteiger partial charge is 0.332 e. The summed E-state index contributed by atoms with van der Waals surface area (Å²) in [5.41, 5.74) is -0.593. The van der Waals surface area contributed by atoms with Crippen molar-refractivity contribution in [1.82, 2.24) is 24.8 Å². The van der Waals surface area contributed by atoms with Crippen LogP contribution < -0.4 is 25.2 Å². The second-order valence-electron chi connectivity index (χ2n) is 8.37. The van der Waals surface area contributed by atoms with Gasteiger partial charge in [0.15, 0.2) is 35.4 Å². The standard InChI is InChI=1S/C26H25ClFN5O7/c1-4-29-22(36)12-40-19-8-15(27)17(9-20(19)39-11-14-16(28)6-5-7-18(14)38-3)33-25-24(32-26(33)37)23(13(2)35)30-21(10-34)31-25/h5-9,34H,4,10-12H2,1-3H3,(H,29,36)(H,32,37). The molecular formula is C26H25ClFN5O7. The van der Waals surface area contributed by atoms with Crippen molar-refractivity contribution in [3.8, 4) is 22.9 Å². The average Bonchev–Trinajstić information content (AvgIpc) is 3.26. The number of H-pyrrole nitrogens is 1. The fraction of sp³-hybridized carbons (Fsp3) is 0.269. The number of aromatic amines is 1. The molecule has 0 unspecified atom stereocenters. The number of imidazole rings is 1. The zero-order chi connectivity index (χ0) is 29.0. The third-order valence-electron chi connectivity index (χ3n) is 5.71. The van der Waals surface area contributed by atoms with Crippen molar-refractivity contribution in [2.45, 2.75) is 27.1 Å². The normalized spacial score (nSPS) is 10.9. The Morgan fingerprint density at radius 1 is 1.18 bits per heavy atom. The van der Waals surface area contributed by atoms with Gasteiger partial charge in [-0.1, -0.05) is 17.7 Å². The zero-order valence-electron chi connectivity index (χ0n) is 21.7. The third kappa shape index (κ3) is 5.75. The van der Waals surface area contributed by atoms with Crippen LogP contribution in [0, 0.1) is 5.82 Å². The Morgan fingerprint density at radius 3 is 2.60 bits per heavy atom. The molecule has 0 spiro atoms. The molecule has 40 heavy (non-hydrogen) atoms. The third-order valence-corrected chi connectivity index (χ3v) is 6.02. The van der Waals surface area contributed by atoms with E-state index < -0.39 is 29.8 Å². The number of nitrogens with one attached hydrogen (secondary N) is 2. The maximum absolute atomic E-state index is 14.6. The fourth-order valence-corrected chi connectivity index (χ4v) is 4.15. The van der Waals surface area contributed by atoms with Gasteiger partial charge in [-0.3, -0.25) is 9.59 Å². The lowest BCUT2D eigenvalue weighted by molar-refractivity contribution is -0.123. The number of aliphatic hydroxyl groups excluding tert-OH is 1. The number of hydrogen-bond donors (Lipinski definition) is 3. The van der Waals surface area contributed by atoms with E-state index in [2.05, 4.69) is 20.3 Å². The van der Waals surface area contributed by atoms with Crippen LogP contribution in [0.3, 0.4) is 0 Å². The number of ether oxygens (including phenoxy) is 3. The largest absolute Gasteiger partial charge is 0.496 e. The van der Waals surface area contributed by atoms with Crippen LogP contribution in [0.2, 0.25) is 5.02 Å². The van der Waals surface area contributed by atoms with Crippen molar-refractivity contribution in [2.75, 3.05) is 20.3 Å². The summed E-state index contributed by atoms with van der Waals surface area (Å²) in [7, 11) is 1.39. The number of amides is 1. The molecule has 4 aromatic rings. The SMILES string of the molecule is CCNC(=O)COc1cc(Cl)c(-n2c(=O)[nH]c3c(C(C)=O)nc(CO)nc32)cc1OCc1c(F)cccc1OC. The Hall–Kier alpha value is -4.49. The molecule has 0 bridgehead atoms. The predicted molar refractivity (Wildman–Crippen MR) is 142 cm³/mol. The Morgan fingerprint density at radius 2 is 1.93 bits per heavy atom. The predicted octanol–water partition coefficient (Wildman–Crippen LogP) is 2.70. The van der Waals surface area contributed by atoms with E-state index in [-0.39, 0.29) is 69.4 Å². The van der Waals surface area contributed by atoms with Gasteiger partial charge in [0.05, 0.1) is 23.4 Å². The molecule has 0 saturated carbocycles. The molecule has 1 amide bonds. The van der Waals surface area contributed by atoms with Crippen LogP contribution in [0.15, 0.2) is 35.1 Å². The molecule has 0 atom stereocenters. The molecule has 210 valence electrons. The topological polar surface area (TPSA) is 158 Å². The van der Waals surface area contributed by atoms with E-state index in [1.165, 1.54) is 38.3 Å². The molecule has 2 heterocycles. The number of hydrogen-bond acceptors (Lipinski definition) is 9.